The molecule has 2 atom stereocenters. The molecule has 4 nitrogen and oxygen atoms in total. The van der Waals surface area contributed by atoms with Crippen molar-refractivity contribution in [2.24, 2.45) is 5.73 Å². The molecule has 0 bridgehead atoms. The molecule has 0 saturated carbocycles. The second-order valence-electron chi connectivity index (χ2n) is 5.78. The van der Waals surface area contributed by atoms with Crippen molar-refractivity contribution in [2.75, 3.05) is 0 Å². The average molecular weight is 318 g/mol. The van der Waals surface area contributed by atoms with E-state index < -0.39 is 29.4 Å². The van der Waals surface area contributed by atoms with E-state index in [4.69, 9.17) is 5.73 Å². The number of nitrogens with zero attached hydrogens (tertiary/aromatic N) is 3. The molecule has 0 aliphatic heterocycles. The topological polar surface area (TPSA) is 56.2 Å². The summed E-state index contributed by atoms with van der Waals surface area (Å²) in [6.07, 6.45) is 5.94. The lowest BCUT2D eigenvalue weighted by Crippen LogP contribution is -2.37. The standard InChI is InChI=1S/C16H13F3N4/c17-10-5-12(19)11(18)3-8(10)9-4-14-15(6-13(9)20)23-2-1-21-7-16(23)22-14/h1-3,5,7,9,13H,4,6,20H2. The van der Waals surface area contributed by atoms with Gasteiger partial charge in [0.2, 0.25) is 0 Å². The molecular formula is C16H13F3N4. The zero-order chi connectivity index (χ0) is 16.1. The van der Waals surface area contributed by atoms with Crippen LogP contribution < -0.4 is 5.73 Å². The number of hydrogen-bond acceptors (Lipinski definition) is 3. The maximum atomic E-state index is 14.1. The molecule has 2 aromatic heterocycles. The van der Waals surface area contributed by atoms with Crippen LogP contribution in [0.4, 0.5) is 13.2 Å². The maximum absolute atomic E-state index is 14.1. The molecule has 1 aromatic carbocycles. The van der Waals surface area contributed by atoms with E-state index in [0.29, 0.717) is 24.6 Å². The zero-order valence-electron chi connectivity index (χ0n) is 12.0. The van der Waals surface area contributed by atoms with Crippen LogP contribution in [0.15, 0.2) is 30.7 Å². The van der Waals surface area contributed by atoms with Crippen LogP contribution >= 0.6 is 0 Å². The van der Waals surface area contributed by atoms with Crippen molar-refractivity contribution >= 4 is 5.65 Å². The summed E-state index contributed by atoms with van der Waals surface area (Å²) in [4.78, 5) is 8.51. The third kappa shape index (κ3) is 2.19. The first-order valence-corrected chi connectivity index (χ1v) is 7.24. The van der Waals surface area contributed by atoms with E-state index in [1.807, 2.05) is 4.40 Å². The lowest BCUT2D eigenvalue weighted by Gasteiger charge is -2.29. The number of benzene rings is 1. The molecule has 0 radical (unpaired) electrons. The summed E-state index contributed by atoms with van der Waals surface area (Å²) in [5, 5.41) is 0. The fraction of sp³-hybridized carbons (Fsp3) is 0.250. The van der Waals surface area contributed by atoms with Crippen LogP contribution in [0.1, 0.15) is 22.9 Å². The fourth-order valence-corrected chi connectivity index (χ4v) is 3.27. The van der Waals surface area contributed by atoms with Gasteiger partial charge in [-0.15, -0.1) is 0 Å². The Balaban J connectivity index is 1.79. The van der Waals surface area contributed by atoms with Crippen LogP contribution in [0.3, 0.4) is 0 Å². The summed E-state index contributed by atoms with van der Waals surface area (Å²) < 4.78 is 42.6. The number of hydrogen-bond donors (Lipinski definition) is 1. The molecule has 23 heavy (non-hydrogen) atoms. The highest BCUT2D eigenvalue weighted by Gasteiger charge is 2.32. The molecule has 4 rings (SSSR count). The largest absolute Gasteiger partial charge is 0.327 e. The van der Waals surface area contributed by atoms with Crippen LogP contribution in [0.25, 0.3) is 5.65 Å². The van der Waals surface area contributed by atoms with Gasteiger partial charge in [-0.3, -0.25) is 4.98 Å². The van der Waals surface area contributed by atoms with Crippen molar-refractivity contribution in [3.63, 3.8) is 0 Å². The van der Waals surface area contributed by atoms with E-state index in [1.165, 1.54) is 0 Å². The van der Waals surface area contributed by atoms with Crippen LogP contribution in [0, 0.1) is 17.5 Å². The van der Waals surface area contributed by atoms with Crippen LogP contribution in [-0.4, -0.2) is 20.4 Å². The van der Waals surface area contributed by atoms with Crippen molar-refractivity contribution in [3.05, 3.63) is 65.1 Å². The second-order valence-corrected chi connectivity index (χ2v) is 5.78. The summed E-state index contributed by atoms with van der Waals surface area (Å²) in [6, 6.07) is 1.06. The minimum Gasteiger partial charge on any atom is -0.327 e. The monoisotopic (exact) mass is 318 g/mol. The Bertz CT molecular complexity index is 906. The van der Waals surface area contributed by atoms with Gasteiger partial charge in [-0.2, -0.15) is 0 Å². The minimum absolute atomic E-state index is 0.0947. The molecule has 7 heteroatoms. The molecule has 1 aliphatic carbocycles. The highest BCUT2D eigenvalue weighted by atomic mass is 19.2. The van der Waals surface area contributed by atoms with Gasteiger partial charge in [0.1, 0.15) is 5.82 Å². The second kappa shape index (κ2) is 5.06. The van der Waals surface area contributed by atoms with Crippen molar-refractivity contribution < 1.29 is 13.2 Å². The first-order valence-electron chi connectivity index (χ1n) is 7.24. The molecule has 0 saturated heterocycles. The van der Waals surface area contributed by atoms with E-state index in [1.54, 1.807) is 18.6 Å². The molecule has 3 aromatic rings. The summed E-state index contributed by atoms with van der Waals surface area (Å²) in [7, 11) is 0. The number of fused-ring (bicyclic) bond motifs is 3. The van der Waals surface area contributed by atoms with Gasteiger partial charge in [0.05, 0.1) is 11.9 Å². The molecule has 2 unspecified atom stereocenters. The third-order valence-electron chi connectivity index (χ3n) is 4.41. The van der Waals surface area contributed by atoms with Gasteiger partial charge >= 0.3 is 0 Å². The van der Waals surface area contributed by atoms with Gasteiger partial charge in [-0.05, 0) is 18.1 Å². The van der Waals surface area contributed by atoms with Crippen molar-refractivity contribution in [3.8, 4) is 0 Å². The van der Waals surface area contributed by atoms with Crippen molar-refractivity contribution in [2.45, 2.75) is 24.8 Å². The number of aromatic nitrogens is 3. The fourth-order valence-electron chi connectivity index (χ4n) is 3.27. The molecule has 0 fully saturated rings. The Hall–Kier alpha value is -2.41. The van der Waals surface area contributed by atoms with Crippen molar-refractivity contribution in [1.29, 1.82) is 0 Å². The SMILES string of the molecule is NC1Cc2c(nc3cnccn23)CC1c1cc(F)c(F)cc1F. The summed E-state index contributed by atoms with van der Waals surface area (Å²) in [6.45, 7) is 0. The molecule has 0 amide bonds. The number of imidazole rings is 1. The number of halogens is 3. The van der Waals surface area contributed by atoms with Crippen LogP contribution in [0.2, 0.25) is 0 Å². The van der Waals surface area contributed by atoms with E-state index in [-0.39, 0.29) is 5.56 Å². The minimum atomic E-state index is -1.20. The normalized spacial score (nSPS) is 20.7. The van der Waals surface area contributed by atoms with Gasteiger partial charge in [0.15, 0.2) is 17.3 Å². The van der Waals surface area contributed by atoms with Gasteiger partial charge in [-0.1, -0.05) is 0 Å². The lowest BCUT2D eigenvalue weighted by atomic mass is 9.80. The predicted octanol–water partition coefficient (Wildman–Crippen LogP) is 2.36. The predicted molar refractivity (Wildman–Crippen MR) is 77.4 cm³/mol. The average Bonchev–Trinajstić information content (AvgIpc) is 2.88. The smallest absolute Gasteiger partial charge is 0.161 e. The maximum Gasteiger partial charge on any atom is 0.161 e. The first kappa shape index (κ1) is 14.2. The van der Waals surface area contributed by atoms with Crippen molar-refractivity contribution in [1.82, 2.24) is 14.4 Å². The lowest BCUT2D eigenvalue weighted by molar-refractivity contribution is 0.446. The van der Waals surface area contributed by atoms with Gasteiger partial charge in [-0.25, -0.2) is 18.2 Å². The van der Waals surface area contributed by atoms with Crippen LogP contribution in [-0.2, 0) is 12.8 Å². The van der Waals surface area contributed by atoms with Crippen LogP contribution in [0.5, 0.6) is 0 Å². The summed E-state index contributed by atoms with van der Waals surface area (Å²) in [5.74, 6) is -3.50. The van der Waals surface area contributed by atoms with E-state index in [2.05, 4.69) is 9.97 Å². The van der Waals surface area contributed by atoms with Gasteiger partial charge in [0, 0.05) is 42.5 Å². The molecule has 1 aliphatic rings. The van der Waals surface area contributed by atoms with E-state index >= 15 is 0 Å². The molecule has 0 spiro atoms. The van der Waals surface area contributed by atoms with Gasteiger partial charge < -0.3 is 10.1 Å². The summed E-state index contributed by atoms with van der Waals surface area (Å²) >= 11 is 0. The number of nitrogens with two attached hydrogens (primary N) is 1. The number of rotatable bonds is 1. The van der Waals surface area contributed by atoms with Gasteiger partial charge in [0.25, 0.3) is 0 Å². The Labute approximate surface area is 129 Å². The van der Waals surface area contributed by atoms with E-state index in [0.717, 1.165) is 17.5 Å². The molecule has 2 heterocycles. The zero-order valence-corrected chi connectivity index (χ0v) is 12.0. The first-order chi connectivity index (χ1) is 11.0. The molecular weight excluding hydrogens is 305 g/mol. The third-order valence-corrected chi connectivity index (χ3v) is 4.41. The van der Waals surface area contributed by atoms with E-state index in [9.17, 15) is 13.2 Å². The Kier molecular flexibility index (Phi) is 3.12. The highest BCUT2D eigenvalue weighted by Crippen LogP contribution is 2.34. The highest BCUT2D eigenvalue weighted by molar-refractivity contribution is 5.43. The quantitative estimate of drug-likeness (QED) is 0.701. The summed E-state index contributed by atoms with van der Waals surface area (Å²) in [5.41, 5.74) is 8.72. The Morgan fingerprint density at radius 2 is 1.87 bits per heavy atom. The molecule has 118 valence electrons. The Morgan fingerprint density at radius 1 is 1.09 bits per heavy atom. The molecule has 2 N–H and O–H groups in total. The Morgan fingerprint density at radius 3 is 2.70 bits per heavy atom.